The molecule has 92 valence electrons. The number of nitrogens with zero attached hydrogens (tertiary/aromatic N) is 2. The van der Waals surface area contributed by atoms with E-state index in [0.29, 0.717) is 10.2 Å². The molecule has 2 heterocycles. The van der Waals surface area contributed by atoms with Crippen molar-refractivity contribution < 1.29 is 8.42 Å². The summed E-state index contributed by atoms with van der Waals surface area (Å²) in [6.07, 6.45) is 1.29. The lowest BCUT2D eigenvalue weighted by Gasteiger charge is -2.02. The molecule has 2 rings (SSSR count). The zero-order valence-electron chi connectivity index (χ0n) is 8.15. The SMILES string of the molecule is O=S(=O)(NCc1ncn[nH]1)c1cc(Cl)sc1Cl. The van der Waals surface area contributed by atoms with E-state index in [4.69, 9.17) is 23.2 Å². The van der Waals surface area contributed by atoms with Crippen molar-refractivity contribution in [3.63, 3.8) is 0 Å². The molecule has 2 aromatic heterocycles. The average molecular weight is 313 g/mol. The summed E-state index contributed by atoms with van der Waals surface area (Å²) in [5.41, 5.74) is 0. The van der Waals surface area contributed by atoms with Gasteiger partial charge in [-0.1, -0.05) is 23.2 Å². The minimum Gasteiger partial charge on any atom is -0.262 e. The molecule has 0 aliphatic carbocycles. The number of thiophene rings is 1. The Bertz CT molecular complexity index is 608. The molecule has 0 aromatic carbocycles. The maximum absolute atomic E-state index is 11.9. The Morgan fingerprint density at radius 1 is 1.47 bits per heavy atom. The molecule has 0 aliphatic heterocycles. The summed E-state index contributed by atoms with van der Waals surface area (Å²) in [4.78, 5) is 3.76. The zero-order chi connectivity index (χ0) is 12.5. The third-order valence-corrected chi connectivity index (χ3v) is 4.96. The average Bonchev–Trinajstić information content (AvgIpc) is 2.85. The molecular formula is C7H6Cl2N4O2S2. The van der Waals surface area contributed by atoms with Gasteiger partial charge in [0.1, 0.15) is 21.4 Å². The molecule has 2 aromatic rings. The van der Waals surface area contributed by atoms with Crippen LogP contribution >= 0.6 is 34.5 Å². The molecule has 0 atom stereocenters. The molecule has 0 saturated carbocycles. The number of H-pyrrole nitrogens is 1. The minimum absolute atomic E-state index is 0.00608. The first-order chi connectivity index (χ1) is 7.99. The van der Waals surface area contributed by atoms with Crippen LogP contribution in [0, 0.1) is 0 Å². The van der Waals surface area contributed by atoms with E-state index in [2.05, 4.69) is 19.9 Å². The fraction of sp³-hybridized carbons (Fsp3) is 0.143. The number of aromatic amines is 1. The van der Waals surface area contributed by atoms with E-state index < -0.39 is 10.0 Å². The summed E-state index contributed by atoms with van der Waals surface area (Å²) in [7, 11) is -3.69. The van der Waals surface area contributed by atoms with E-state index in [-0.39, 0.29) is 15.8 Å². The Morgan fingerprint density at radius 3 is 2.76 bits per heavy atom. The van der Waals surface area contributed by atoms with Crippen molar-refractivity contribution in [3.05, 3.63) is 26.9 Å². The van der Waals surface area contributed by atoms with Crippen LogP contribution < -0.4 is 4.72 Å². The summed E-state index contributed by atoms with van der Waals surface area (Å²) in [5, 5.41) is 6.14. The highest BCUT2D eigenvalue weighted by molar-refractivity contribution is 7.89. The minimum atomic E-state index is -3.69. The first-order valence-electron chi connectivity index (χ1n) is 4.28. The van der Waals surface area contributed by atoms with E-state index >= 15 is 0 Å². The molecule has 17 heavy (non-hydrogen) atoms. The van der Waals surface area contributed by atoms with Crippen LogP contribution in [0.2, 0.25) is 8.67 Å². The number of nitrogens with one attached hydrogen (secondary N) is 2. The lowest BCUT2D eigenvalue weighted by Crippen LogP contribution is -2.23. The fourth-order valence-electron chi connectivity index (χ4n) is 1.07. The van der Waals surface area contributed by atoms with Gasteiger partial charge in [0.25, 0.3) is 0 Å². The van der Waals surface area contributed by atoms with Crippen molar-refractivity contribution in [1.29, 1.82) is 0 Å². The van der Waals surface area contributed by atoms with Crippen LogP contribution in [-0.4, -0.2) is 23.6 Å². The third kappa shape index (κ3) is 2.96. The van der Waals surface area contributed by atoms with Crippen molar-refractivity contribution in [2.75, 3.05) is 0 Å². The fourth-order valence-corrected chi connectivity index (χ4v) is 4.20. The molecule has 0 spiro atoms. The van der Waals surface area contributed by atoms with Crippen LogP contribution in [0.15, 0.2) is 17.3 Å². The smallest absolute Gasteiger partial charge is 0.243 e. The molecule has 2 N–H and O–H groups in total. The van der Waals surface area contributed by atoms with Crippen LogP contribution in [-0.2, 0) is 16.6 Å². The molecule has 0 aliphatic rings. The molecule has 0 unspecified atom stereocenters. The van der Waals surface area contributed by atoms with E-state index in [1.165, 1.54) is 12.4 Å². The first kappa shape index (κ1) is 12.8. The summed E-state index contributed by atoms with van der Waals surface area (Å²) in [5.74, 6) is 0.408. The van der Waals surface area contributed by atoms with Gasteiger partial charge in [-0.25, -0.2) is 18.1 Å². The Balaban J connectivity index is 2.17. The van der Waals surface area contributed by atoms with Crippen LogP contribution in [0.1, 0.15) is 5.82 Å². The van der Waals surface area contributed by atoms with E-state index in [1.54, 1.807) is 0 Å². The van der Waals surface area contributed by atoms with E-state index in [9.17, 15) is 8.42 Å². The Morgan fingerprint density at radius 2 is 2.24 bits per heavy atom. The molecule has 0 saturated heterocycles. The van der Waals surface area contributed by atoms with Gasteiger partial charge in [-0.05, 0) is 6.07 Å². The molecule has 0 fully saturated rings. The van der Waals surface area contributed by atoms with Gasteiger partial charge in [-0.2, -0.15) is 5.10 Å². The van der Waals surface area contributed by atoms with Gasteiger partial charge in [-0.15, -0.1) is 11.3 Å². The van der Waals surface area contributed by atoms with Gasteiger partial charge in [0, 0.05) is 0 Å². The van der Waals surface area contributed by atoms with Crippen molar-refractivity contribution in [2.45, 2.75) is 11.4 Å². The summed E-state index contributed by atoms with van der Waals surface area (Å²) < 4.78 is 26.5. The van der Waals surface area contributed by atoms with Gasteiger partial charge in [0.15, 0.2) is 0 Å². The number of aromatic nitrogens is 3. The van der Waals surface area contributed by atoms with Crippen LogP contribution in [0.25, 0.3) is 0 Å². The normalized spacial score (nSPS) is 11.9. The molecule has 0 radical (unpaired) electrons. The van der Waals surface area contributed by atoms with Crippen molar-refractivity contribution in [3.8, 4) is 0 Å². The summed E-state index contributed by atoms with van der Waals surface area (Å²) in [6.45, 7) is 0.00608. The lowest BCUT2D eigenvalue weighted by molar-refractivity contribution is 0.580. The number of sulfonamides is 1. The van der Waals surface area contributed by atoms with Crippen molar-refractivity contribution in [2.24, 2.45) is 0 Å². The molecule has 10 heteroatoms. The van der Waals surface area contributed by atoms with Gasteiger partial charge >= 0.3 is 0 Å². The number of rotatable bonds is 4. The number of hydrogen-bond acceptors (Lipinski definition) is 5. The molecule has 0 bridgehead atoms. The summed E-state index contributed by atoms with van der Waals surface area (Å²) >= 11 is 12.4. The Labute approximate surface area is 111 Å². The third-order valence-electron chi connectivity index (χ3n) is 1.81. The highest BCUT2D eigenvalue weighted by atomic mass is 35.5. The quantitative estimate of drug-likeness (QED) is 0.898. The lowest BCUT2D eigenvalue weighted by atomic mass is 10.6. The number of hydrogen-bond donors (Lipinski definition) is 2. The van der Waals surface area contributed by atoms with E-state index in [0.717, 1.165) is 11.3 Å². The summed E-state index contributed by atoms with van der Waals surface area (Å²) in [6, 6.07) is 1.30. The van der Waals surface area contributed by atoms with Gasteiger partial charge in [0.05, 0.1) is 10.9 Å². The van der Waals surface area contributed by atoms with E-state index in [1.807, 2.05) is 0 Å². The first-order valence-corrected chi connectivity index (χ1v) is 7.33. The second-order valence-electron chi connectivity index (χ2n) is 2.95. The van der Waals surface area contributed by atoms with Crippen molar-refractivity contribution >= 4 is 44.6 Å². The molecular weight excluding hydrogens is 307 g/mol. The van der Waals surface area contributed by atoms with Crippen LogP contribution in [0.3, 0.4) is 0 Å². The maximum Gasteiger partial charge on any atom is 0.243 e. The predicted molar refractivity (Wildman–Crippen MR) is 64.7 cm³/mol. The largest absolute Gasteiger partial charge is 0.262 e. The molecule has 6 nitrogen and oxygen atoms in total. The monoisotopic (exact) mass is 312 g/mol. The Hall–Kier alpha value is -0.670. The second-order valence-corrected chi connectivity index (χ2v) is 6.97. The van der Waals surface area contributed by atoms with Gasteiger partial charge in [0.2, 0.25) is 10.0 Å². The standard InChI is InChI=1S/C7H6Cl2N4O2S2/c8-5-1-4(7(9)16-5)17(14,15)12-2-6-10-3-11-13-6/h1,3,12H,2H2,(H,10,11,13). The highest BCUT2D eigenvalue weighted by Crippen LogP contribution is 2.34. The van der Waals surface area contributed by atoms with Crippen LogP contribution in [0.4, 0.5) is 0 Å². The second kappa shape index (κ2) is 4.91. The zero-order valence-corrected chi connectivity index (χ0v) is 11.3. The van der Waals surface area contributed by atoms with Crippen LogP contribution in [0.5, 0.6) is 0 Å². The highest BCUT2D eigenvalue weighted by Gasteiger charge is 2.20. The van der Waals surface area contributed by atoms with Gasteiger partial charge in [-0.3, -0.25) is 5.10 Å². The maximum atomic E-state index is 11.9. The predicted octanol–water partition coefficient (Wildman–Crippen LogP) is 1.65. The number of halogens is 2. The van der Waals surface area contributed by atoms with Crippen molar-refractivity contribution in [1.82, 2.24) is 19.9 Å². The molecule has 0 amide bonds. The van der Waals surface area contributed by atoms with Gasteiger partial charge < -0.3 is 0 Å². The topological polar surface area (TPSA) is 87.7 Å². The Kier molecular flexibility index (Phi) is 3.69.